The molecule has 0 saturated heterocycles. The van der Waals surface area contributed by atoms with E-state index in [1.54, 1.807) is 13.0 Å². The summed E-state index contributed by atoms with van der Waals surface area (Å²) in [6, 6.07) is 14.9. The maximum Gasteiger partial charge on any atom is 0.362 e. The Labute approximate surface area is 195 Å². The zero-order chi connectivity index (χ0) is 24.7. The summed E-state index contributed by atoms with van der Waals surface area (Å²) in [5.41, 5.74) is 1.22. The summed E-state index contributed by atoms with van der Waals surface area (Å²) in [6.45, 7) is 3.45. The van der Waals surface area contributed by atoms with Gasteiger partial charge in [0.2, 0.25) is 17.0 Å². The number of aryl methyl sites for hydroxylation is 3. The lowest BCUT2D eigenvalue weighted by molar-refractivity contribution is -0.384. The predicted octanol–water partition coefficient (Wildman–Crippen LogP) is 2.66. The van der Waals surface area contributed by atoms with E-state index in [9.17, 15) is 24.5 Å². The number of nitro groups is 1. The average molecular weight is 464 g/mol. The number of benzene rings is 2. The Hall–Kier alpha value is -4.34. The lowest BCUT2D eigenvalue weighted by Crippen LogP contribution is -2.30. The number of ether oxygens (including phenoxy) is 1. The van der Waals surface area contributed by atoms with E-state index >= 15 is 0 Å². The van der Waals surface area contributed by atoms with Crippen molar-refractivity contribution in [2.45, 2.75) is 26.7 Å². The van der Waals surface area contributed by atoms with Gasteiger partial charge in [0, 0.05) is 24.2 Å². The average Bonchev–Trinajstić information content (AvgIpc) is 2.81. The number of aromatic nitrogens is 2. The molecule has 3 aromatic rings. The minimum atomic E-state index is -0.980. The zero-order valence-electron chi connectivity index (χ0n) is 18.8. The number of para-hydroxylation sites is 2. The van der Waals surface area contributed by atoms with Crippen LogP contribution in [0.25, 0.3) is 5.69 Å². The lowest BCUT2D eigenvalue weighted by atomic mass is 10.1. The van der Waals surface area contributed by atoms with Crippen LogP contribution in [0, 0.1) is 24.0 Å². The van der Waals surface area contributed by atoms with E-state index < -0.39 is 22.0 Å². The number of rotatable bonds is 9. The van der Waals surface area contributed by atoms with Crippen molar-refractivity contribution in [3.63, 3.8) is 0 Å². The molecule has 10 heteroatoms. The standard InChI is InChI=1S/C24H24N4O6/c1-16-7-9-18(10-8-16)11-12-22(30)25-13-14-34-24(31)23-21(29)15-17(2)27(26-23)19-5-3-4-6-20(19)28(32)33/h3-10,15H,11-14H2,1-2H3,(H,25,30). The molecule has 0 aliphatic rings. The van der Waals surface area contributed by atoms with Crippen molar-refractivity contribution >= 4 is 17.6 Å². The van der Waals surface area contributed by atoms with Crippen molar-refractivity contribution in [3.8, 4) is 5.69 Å². The highest BCUT2D eigenvalue weighted by Gasteiger charge is 2.21. The van der Waals surface area contributed by atoms with E-state index in [1.807, 2.05) is 31.2 Å². The van der Waals surface area contributed by atoms with Crippen LogP contribution in [0.15, 0.2) is 59.4 Å². The maximum atomic E-state index is 12.4. The van der Waals surface area contributed by atoms with Crippen molar-refractivity contribution in [2.24, 2.45) is 0 Å². The van der Waals surface area contributed by atoms with Crippen LogP contribution in [0.3, 0.4) is 0 Å². The van der Waals surface area contributed by atoms with Crippen LogP contribution in [0.1, 0.15) is 33.7 Å². The Morgan fingerprint density at radius 1 is 1.12 bits per heavy atom. The SMILES string of the molecule is Cc1ccc(CCC(=O)NCCOC(=O)c2nn(-c3ccccc3[N+](=O)[O-])c(C)cc2=O)cc1. The Morgan fingerprint density at radius 3 is 2.53 bits per heavy atom. The molecule has 0 unspecified atom stereocenters. The first-order chi connectivity index (χ1) is 16.3. The largest absolute Gasteiger partial charge is 0.459 e. The number of esters is 1. The van der Waals surface area contributed by atoms with Crippen LogP contribution >= 0.6 is 0 Å². The molecule has 0 aliphatic carbocycles. The number of nitro benzene ring substituents is 1. The van der Waals surface area contributed by atoms with Gasteiger partial charge < -0.3 is 10.1 Å². The maximum absolute atomic E-state index is 12.4. The molecule has 1 N–H and O–H groups in total. The molecule has 0 fully saturated rings. The highest BCUT2D eigenvalue weighted by Crippen LogP contribution is 2.22. The van der Waals surface area contributed by atoms with Gasteiger partial charge in [0.25, 0.3) is 5.69 Å². The van der Waals surface area contributed by atoms with Crippen molar-refractivity contribution in [3.05, 3.63) is 97.4 Å². The van der Waals surface area contributed by atoms with Crippen molar-refractivity contribution in [1.29, 1.82) is 0 Å². The van der Waals surface area contributed by atoms with Gasteiger partial charge in [-0.05, 0) is 31.9 Å². The third-order valence-corrected chi connectivity index (χ3v) is 5.03. The molecule has 1 aromatic heterocycles. The molecular formula is C24H24N4O6. The van der Waals surface area contributed by atoms with Gasteiger partial charge in [-0.25, -0.2) is 9.48 Å². The van der Waals surface area contributed by atoms with Gasteiger partial charge in [0.05, 0.1) is 11.5 Å². The number of hydrogen-bond acceptors (Lipinski definition) is 7. The van der Waals surface area contributed by atoms with E-state index in [0.717, 1.165) is 21.9 Å². The highest BCUT2D eigenvalue weighted by atomic mass is 16.6. The summed E-state index contributed by atoms with van der Waals surface area (Å²) >= 11 is 0. The summed E-state index contributed by atoms with van der Waals surface area (Å²) in [6.07, 6.45) is 0.876. The molecule has 2 aromatic carbocycles. The molecule has 0 bridgehead atoms. The summed E-state index contributed by atoms with van der Waals surface area (Å²) < 4.78 is 6.24. The quantitative estimate of drug-likeness (QED) is 0.223. The molecule has 0 aliphatic heterocycles. The number of nitrogens with one attached hydrogen (secondary N) is 1. The second kappa shape index (κ2) is 11.0. The van der Waals surface area contributed by atoms with Gasteiger partial charge in [0.1, 0.15) is 12.3 Å². The number of amides is 1. The molecular weight excluding hydrogens is 440 g/mol. The van der Waals surface area contributed by atoms with E-state index in [-0.39, 0.29) is 36.9 Å². The molecule has 10 nitrogen and oxygen atoms in total. The molecule has 3 rings (SSSR count). The van der Waals surface area contributed by atoms with Gasteiger partial charge in [0.15, 0.2) is 0 Å². The van der Waals surface area contributed by atoms with Crippen molar-refractivity contribution < 1.29 is 19.2 Å². The Bertz CT molecular complexity index is 1270. The fourth-order valence-corrected chi connectivity index (χ4v) is 3.23. The van der Waals surface area contributed by atoms with Crippen LogP contribution in [0.2, 0.25) is 0 Å². The number of carbonyl (C=O) groups excluding carboxylic acids is 2. The molecule has 0 atom stereocenters. The Morgan fingerprint density at radius 2 is 1.82 bits per heavy atom. The molecule has 34 heavy (non-hydrogen) atoms. The molecule has 176 valence electrons. The van der Waals surface area contributed by atoms with Gasteiger partial charge in [-0.1, -0.05) is 42.0 Å². The smallest absolute Gasteiger partial charge is 0.362 e. The summed E-state index contributed by atoms with van der Waals surface area (Å²) in [4.78, 5) is 47.5. The fourth-order valence-electron chi connectivity index (χ4n) is 3.23. The normalized spacial score (nSPS) is 10.5. The third kappa shape index (κ3) is 6.12. The lowest BCUT2D eigenvalue weighted by Gasteiger charge is -2.11. The van der Waals surface area contributed by atoms with Gasteiger partial charge in [-0.3, -0.25) is 19.7 Å². The van der Waals surface area contributed by atoms with Crippen LogP contribution in [-0.4, -0.2) is 39.7 Å². The van der Waals surface area contributed by atoms with Crippen LogP contribution in [0.4, 0.5) is 5.69 Å². The minimum absolute atomic E-state index is 0.0721. The summed E-state index contributed by atoms with van der Waals surface area (Å²) in [5, 5.41) is 18.0. The minimum Gasteiger partial charge on any atom is -0.459 e. The first-order valence-electron chi connectivity index (χ1n) is 10.6. The predicted molar refractivity (Wildman–Crippen MR) is 124 cm³/mol. The van der Waals surface area contributed by atoms with E-state index in [2.05, 4.69) is 10.4 Å². The summed E-state index contributed by atoms with van der Waals surface area (Å²) in [5.74, 6) is -1.17. The highest BCUT2D eigenvalue weighted by molar-refractivity contribution is 5.87. The van der Waals surface area contributed by atoms with Gasteiger partial charge >= 0.3 is 5.97 Å². The first-order valence-corrected chi connectivity index (χ1v) is 10.6. The summed E-state index contributed by atoms with van der Waals surface area (Å²) in [7, 11) is 0. The van der Waals surface area contributed by atoms with Crippen LogP contribution in [-0.2, 0) is 16.0 Å². The molecule has 0 saturated carbocycles. The Balaban J connectivity index is 1.58. The van der Waals surface area contributed by atoms with Crippen LogP contribution in [0.5, 0.6) is 0 Å². The monoisotopic (exact) mass is 464 g/mol. The van der Waals surface area contributed by atoms with E-state index in [1.165, 1.54) is 18.2 Å². The van der Waals surface area contributed by atoms with Gasteiger partial charge in [-0.2, -0.15) is 5.10 Å². The fraction of sp³-hybridized carbons (Fsp3) is 0.250. The first kappa shape index (κ1) is 24.3. The second-order valence-corrected chi connectivity index (χ2v) is 7.63. The number of carbonyl (C=O) groups is 2. The van der Waals surface area contributed by atoms with E-state index in [0.29, 0.717) is 12.1 Å². The topological polar surface area (TPSA) is 133 Å². The number of hydrogen-bond donors (Lipinski definition) is 1. The molecule has 1 amide bonds. The molecule has 0 radical (unpaired) electrons. The molecule has 1 heterocycles. The van der Waals surface area contributed by atoms with Gasteiger partial charge in [-0.15, -0.1) is 0 Å². The second-order valence-electron chi connectivity index (χ2n) is 7.63. The zero-order valence-corrected chi connectivity index (χ0v) is 18.8. The van der Waals surface area contributed by atoms with Crippen LogP contribution < -0.4 is 10.7 Å². The Kier molecular flexibility index (Phi) is 7.86. The number of nitrogens with zero attached hydrogens (tertiary/aromatic N) is 3. The molecule has 0 spiro atoms. The third-order valence-electron chi connectivity index (χ3n) is 5.03. The van der Waals surface area contributed by atoms with Crippen molar-refractivity contribution in [1.82, 2.24) is 15.1 Å². The van der Waals surface area contributed by atoms with E-state index in [4.69, 9.17) is 4.74 Å². The van der Waals surface area contributed by atoms with Crippen molar-refractivity contribution in [2.75, 3.05) is 13.2 Å².